The second-order valence-electron chi connectivity index (χ2n) is 4.95. The molecule has 0 aliphatic rings. The molecule has 0 spiro atoms. The van der Waals surface area contributed by atoms with Crippen LogP contribution in [0.1, 0.15) is 16.7 Å². The number of urea groups is 1. The first-order valence-corrected chi connectivity index (χ1v) is 6.58. The van der Waals surface area contributed by atoms with Gasteiger partial charge in [0, 0.05) is 11.4 Å². The molecule has 22 heavy (non-hydrogen) atoms. The third kappa shape index (κ3) is 4.00. The average molecular weight is 308 g/mol. The van der Waals surface area contributed by atoms with Gasteiger partial charge in [0.15, 0.2) is 0 Å². The van der Waals surface area contributed by atoms with E-state index in [1.165, 1.54) is 12.1 Å². The molecule has 0 aliphatic carbocycles. The van der Waals surface area contributed by atoms with Gasteiger partial charge in [0.1, 0.15) is 0 Å². The molecule has 0 saturated heterocycles. The Morgan fingerprint density at radius 2 is 1.41 bits per heavy atom. The zero-order valence-electron chi connectivity index (χ0n) is 12.1. The van der Waals surface area contributed by atoms with Crippen molar-refractivity contribution in [3.05, 3.63) is 59.2 Å². The SMILES string of the molecule is Cc1ccc(NC(=O)Nc2ccc(C(F)(F)F)cc2)cc1C. The van der Waals surface area contributed by atoms with E-state index in [0.717, 1.165) is 23.3 Å². The number of amides is 2. The standard InChI is InChI=1S/C16H15F3N2O/c1-10-3-6-14(9-11(10)2)21-15(22)20-13-7-4-12(5-8-13)16(17,18)19/h3-9H,1-2H3,(H2,20,21,22). The topological polar surface area (TPSA) is 41.1 Å². The van der Waals surface area contributed by atoms with Crippen LogP contribution in [0, 0.1) is 13.8 Å². The van der Waals surface area contributed by atoms with E-state index < -0.39 is 17.8 Å². The summed E-state index contributed by atoms with van der Waals surface area (Å²) in [5.74, 6) is 0. The van der Waals surface area contributed by atoms with E-state index in [-0.39, 0.29) is 5.69 Å². The maximum Gasteiger partial charge on any atom is 0.416 e. The van der Waals surface area contributed by atoms with Gasteiger partial charge in [0.25, 0.3) is 0 Å². The van der Waals surface area contributed by atoms with Gasteiger partial charge in [-0.3, -0.25) is 0 Å². The largest absolute Gasteiger partial charge is 0.416 e. The smallest absolute Gasteiger partial charge is 0.308 e. The van der Waals surface area contributed by atoms with Gasteiger partial charge in [-0.1, -0.05) is 6.07 Å². The van der Waals surface area contributed by atoms with Gasteiger partial charge in [-0.2, -0.15) is 13.2 Å². The molecule has 2 N–H and O–H groups in total. The van der Waals surface area contributed by atoms with E-state index in [1.54, 1.807) is 6.07 Å². The molecule has 3 nitrogen and oxygen atoms in total. The molecule has 0 heterocycles. The minimum Gasteiger partial charge on any atom is -0.308 e. The quantitative estimate of drug-likeness (QED) is 0.808. The minimum atomic E-state index is -4.39. The van der Waals surface area contributed by atoms with E-state index in [2.05, 4.69) is 10.6 Å². The van der Waals surface area contributed by atoms with Crippen molar-refractivity contribution in [1.82, 2.24) is 0 Å². The lowest BCUT2D eigenvalue weighted by atomic mass is 10.1. The highest BCUT2D eigenvalue weighted by Gasteiger charge is 2.29. The predicted octanol–water partition coefficient (Wildman–Crippen LogP) is 4.97. The van der Waals surface area contributed by atoms with Crippen LogP contribution < -0.4 is 10.6 Å². The number of halogens is 3. The number of benzene rings is 2. The fraction of sp³-hybridized carbons (Fsp3) is 0.188. The maximum atomic E-state index is 12.4. The third-order valence-corrected chi connectivity index (χ3v) is 3.23. The lowest BCUT2D eigenvalue weighted by Gasteiger charge is -2.10. The van der Waals surface area contributed by atoms with Crippen molar-refractivity contribution in [1.29, 1.82) is 0 Å². The highest BCUT2D eigenvalue weighted by molar-refractivity contribution is 5.99. The number of rotatable bonds is 2. The van der Waals surface area contributed by atoms with E-state index in [9.17, 15) is 18.0 Å². The second kappa shape index (κ2) is 6.09. The molecular weight excluding hydrogens is 293 g/mol. The van der Waals surface area contributed by atoms with Gasteiger partial charge in [0.2, 0.25) is 0 Å². The Kier molecular flexibility index (Phi) is 4.40. The summed E-state index contributed by atoms with van der Waals surface area (Å²) in [7, 11) is 0. The summed E-state index contributed by atoms with van der Waals surface area (Å²) < 4.78 is 37.3. The zero-order chi connectivity index (χ0) is 16.3. The molecule has 2 amide bonds. The first-order chi connectivity index (χ1) is 10.3. The Morgan fingerprint density at radius 3 is 1.95 bits per heavy atom. The van der Waals surface area contributed by atoms with Crippen LogP contribution in [-0.4, -0.2) is 6.03 Å². The normalized spacial score (nSPS) is 11.1. The zero-order valence-corrected chi connectivity index (χ0v) is 12.1. The number of anilines is 2. The number of hydrogen-bond donors (Lipinski definition) is 2. The van der Waals surface area contributed by atoms with E-state index >= 15 is 0 Å². The summed E-state index contributed by atoms with van der Waals surface area (Å²) in [6.45, 7) is 3.88. The Bertz CT molecular complexity index is 679. The molecule has 6 heteroatoms. The molecule has 2 aromatic rings. The summed E-state index contributed by atoms with van der Waals surface area (Å²) >= 11 is 0. The Balaban J connectivity index is 2.01. The third-order valence-electron chi connectivity index (χ3n) is 3.23. The van der Waals surface area contributed by atoms with Gasteiger partial charge >= 0.3 is 12.2 Å². The minimum absolute atomic E-state index is 0.286. The lowest BCUT2D eigenvalue weighted by molar-refractivity contribution is -0.137. The van der Waals surface area contributed by atoms with Crippen molar-refractivity contribution in [3.63, 3.8) is 0 Å². The van der Waals surface area contributed by atoms with Gasteiger partial charge in [0.05, 0.1) is 5.56 Å². The summed E-state index contributed by atoms with van der Waals surface area (Å²) in [6, 6.07) is 9.21. The summed E-state index contributed by atoms with van der Waals surface area (Å²) in [5.41, 5.74) is 2.29. The van der Waals surface area contributed by atoms with Crippen LogP contribution in [0.4, 0.5) is 29.3 Å². The molecule has 0 saturated carbocycles. The number of aryl methyl sites for hydroxylation is 2. The fourth-order valence-corrected chi connectivity index (χ4v) is 1.86. The van der Waals surface area contributed by atoms with Gasteiger partial charge in [-0.05, 0) is 61.4 Å². The Hall–Kier alpha value is -2.50. The number of alkyl halides is 3. The van der Waals surface area contributed by atoms with E-state index in [0.29, 0.717) is 5.69 Å². The molecule has 0 radical (unpaired) electrons. The van der Waals surface area contributed by atoms with Crippen LogP contribution >= 0.6 is 0 Å². The molecule has 0 unspecified atom stereocenters. The van der Waals surface area contributed by atoms with Crippen LogP contribution in [0.15, 0.2) is 42.5 Å². The first-order valence-electron chi connectivity index (χ1n) is 6.58. The molecule has 0 aliphatic heterocycles. The molecule has 0 bridgehead atoms. The monoisotopic (exact) mass is 308 g/mol. The molecule has 2 aromatic carbocycles. The van der Waals surface area contributed by atoms with Gasteiger partial charge in [-0.25, -0.2) is 4.79 Å². The summed E-state index contributed by atoms with van der Waals surface area (Å²) in [6.07, 6.45) is -4.39. The van der Waals surface area contributed by atoms with Crippen LogP contribution in [-0.2, 0) is 6.18 Å². The number of carbonyl (C=O) groups excluding carboxylic acids is 1. The number of nitrogens with one attached hydrogen (secondary N) is 2. The fourth-order valence-electron chi connectivity index (χ4n) is 1.86. The first kappa shape index (κ1) is 15.9. The highest BCUT2D eigenvalue weighted by atomic mass is 19.4. The molecule has 2 rings (SSSR count). The van der Waals surface area contributed by atoms with Crippen molar-refractivity contribution in [2.24, 2.45) is 0 Å². The van der Waals surface area contributed by atoms with Crippen molar-refractivity contribution in [3.8, 4) is 0 Å². The van der Waals surface area contributed by atoms with Gasteiger partial charge < -0.3 is 10.6 Å². The van der Waals surface area contributed by atoms with E-state index in [4.69, 9.17) is 0 Å². The predicted molar refractivity (Wildman–Crippen MR) is 80.0 cm³/mol. The molecule has 0 atom stereocenters. The van der Waals surface area contributed by atoms with Gasteiger partial charge in [-0.15, -0.1) is 0 Å². The molecule has 0 fully saturated rings. The van der Waals surface area contributed by atoms with Crippen LogP contribution in [0.25, 0.3) is 0 Å². The summed E-state index contributed by atoms with van der Waals surface area (Å²) in [4.78, 5) is 11.8. The molecule has 116 valence electrons. The Labute approximate surface area is 126 Å². The lowest BCUT2D eigenvalue weighted by Crippen LogP contribution is -2.19. The van der Waals surface area contributed by atoms with Crippen LogP contribution in [0.3, 0.4) is 0 Å². The van der Waals surface area contributed by atoms with Crippen molar-refractivity contribution in [2.75, 3.05) is 10.6 Å². The summed E-state index contributed by atoms with van der Waals surface area (Å²) in [5, 5.41) is 5.12. The van der Waals surface area contributed by atoms with Crippen LogP contribution in [0.5, 0.6) is 0 Å². The highest BCUT2D eigenvalue weighted by Crippen LogP contribution is 2.29. The molecule has 0 aromatic heterocycles. The maximum absolute atomic E-state index is 12.4. The second-order valence-corrected chi connectivity index (χ2v) is 4.95. The van der Waals surface area contributed by atoms with Crippen LogP contribution in [0.2, 0.25) is 0 Å². The molecular formula is C16H15F3N2O. The Morgan fingerprint density at radius 1 is 0.864 bits per heavy atom. The van der Waals surface area contributed by atoms with Crippen molar-refractivity contribution < 1.29 is 18.0 Å². The number of carbonyl (C=O) groups is 1. The number of hydrogen-bond acceptors (Lipinski definition) is 1. The average Bonchev–Trinajstić information content (AvgIpc) is 2.42. The van der Waals surface area contributed by atoms with Crippen molar-refractivity contribution >= 4 is 17.4 Å². The van der Waals surface area contributed by atoms with E-state index in [1.807, 2.05) is 26.0 Å². The van der Waals surface area contributed by atoms with Crippen molar-refractivity contribution in [2.45, 2.75) is 20.0 Å².